The van der Waals surface area contributed by atoms with E-state index in [1.54, 1.807) is 18.5 Å². The third-order valence-corrected chi connectivity index (χ3v) is 13.1. The van der Waals surface area contributed by atoms with Crippen LogP contribution in [0.25, 0.3) is 0 Å². The average molecular weight is 344 g/mol. The van der Waals surface area contributed by atoms with Gasteiger partial charge in [0.2, 0.25) is 0 Å². The van der Waals surface area contributed by atoms with Crippen molar-refractivity contribution in [2.75, 3.05) is 22.7 Å². The first-order valence-electron chi connectivity index (χ1n) is 6.80. The predicted octanol–water partition coefficient (Wildman–Crippen LogP) is 5.53. The van der Waals surface area contributed by atoms with Crippen molar-refractivity contribution in [1.82, 2.24) is 0 Å². The molecule has 0 amide bonds. The molecule has 0 aromatic heterocycles. The molecule has 0 aliphatic rings. The van der Waals surface area contributed by atoms with Crippen LogP contribution in [0.5, 0.6) is 0 Å². The Balaban J connectivity index is 4.16. The van der Waals surface area contributed by atoms with Gasteiger partial charge in [-0.25, -0.2) is 0 Å². The van der Waals surface area contributed by atoms with Gasteiger partial charge >= 0.3 is 112 Å². The fraction of sp³-hybridized carbons (Fsp3) is 1.00. The Morgan fingerprint density at radius 1 is 0.733 bits per heavy atom. The van der Waals surface area contributed by atoms with Crippen molar-refractivity contribution in [3.05, 3.63) is 0 Å². The second-order valence-electron chi connectivity index (χ2n) is 4.94. The minimum absolute atomic E-state index is 0.846. The molecule has 0 N–H and O–H groups in total. The van der Waals surface area contributed by atoms with Gasteiger partial charge in [0.25, 0.3) is 0 Å². The molecule has 0 aliphatic heterocycles. The predicted molar refractivity (Wildman–Crippen MR) is 86.5 cm³/mol. The molecule has 0 aliphatic carbocycles. The van der Waals surface area contributed by atoms with Crippen LogP contribution < -0.4 is 0 Å². The van der Waals surface area contributed by atoms with E-state index in [1.807, 2.05) is 0 Å². The minimum atomic E-state index is -0.846. The van der Waals surface area contributed by atoms with Crippen molar-refractivity contribution in [3.8, 4) is 0 Å². The van der Waals surface area contributed by atoms with Gasteiger partial charge in [0.1, 0.15) is 0 Å². The molecule has 94 valence electrons. The Morgan fingerprint density at radius 2 is 1.07 bits per heavy atom. The summed E-state index contributed by atoms with van der Waals surface area (Å²) in [5.74, 6) is 0. The van der Waals surface area contributed by atoms with Crippen LogP contribution >= 0.6 is 29.9 Å². The molecule has 0 aromatic carbocycles. The molecule has 0 unspecified atom stereocenters. The van der Waals surface area contributed by atoms with E-state index < -0.39 is 7.26 Å². The standard InChI is InChI=1S/C13H30IP/c1-4-7-10-15(13-14,11-8-5-2)12-9-6-3/h15H,4-13H2,1-3H3. The molecule has 0 aromatic rings. The average Bonchev–Trinajstić information content (AvgIpc) is 2.29. The van der Waals surface area contributed by atoms with Crippen LogP contribution in [0.3, 0.4) is 0 Å². The van der Waals surface area contributed by atoms with Crippen molar-refractivity contribution >= 4 is 29.9 Å². The van der Waals surface area contributed by atoms with E-state index in [0.717, 1.165) is 0 Å². The third-order valence-electron chi connectivity index (χ3n) is 3.47. The van der Waals surface area contributed by atoms with Gasteiger partial charge in [-0.2, -0.15) is 0 Å². The Morgan fingerprint density at radius 3 is 1.27 bits per heavy atom. The molecule has 0 nitrogen and oxygen atoms in total. The Bertz CT molecular complexity index is 115. The molecule has 2 heteroatoms. The maximum absolute atomic E-state index is 2.68. The fourth-order valence-electron chi connectivity index (χ4n) is 2.23. The summed E-state index contributed by atoms with van der Waals surface area (Å²) in [6.07, 6.45) is 13.5. The number of hydrogen-bond acceptors (Lipinski definition) is 0. The quantitative estimate of drug-likeness (QED) is 0.278. The van der Waals surface area contributed by atoms with Crippen LogP contribution in [0.4, 0.5) is 0 Å². The summed E-state index contributed by atoms with van der Waals surface area (Å²) in [6.45, 7) is 7.02. The Kier molecular flexibility index (Phi) is 11.1. The molecule has 0 radical (unpaired) electrons. The maximum atomic E-state index is 2.68. The van der Waals surface area contributed by atoms with Gasteiger partial charge in [-0.15, -0.1) is 0 Å². The monoisotopic (exact) mass is 344 g/mol. The van der Waals surface area contributed by atoms with Gasteiger partial charge in [0.15, 0.2) is 0 Å². The van der Waals surface area contributed by atoms with E-state index in [9.17, 15) is 0 Å². The van der Waals surface area contributed by atoms with E-state index in [-0.39, 0.29) is 0 Å². The van der Waals surface area contributed by atoms with Gasteiger partial charge in [0.05, 0.1) is 0 Å². The van der Waals surface area contributed by atoms with Crippen LogP contribution in [-0.4, -0.2) is 22.7 Å². The molecule has 0 saturated heterocycles. The van der Waals surface area contributed by atoms with E-state index in [0.29, 0.717) is 0 Å². The van der Waals surface area contributed by atoms with Crippen LogP contribution in [0.1, 0.15) is 59.3 Å². The number of halogens is 1. The second-order valence-corrected chi connectivity index (χ2v) is 12.0. The molecular formula is C13H30IP. The summed E-state index contributed by atoms with van der Waals surface area (Å²) in [5, 5.41) is 0. The van der Waals surface area contributed by atoms with Crippen LogP contribution in [0, 0.1) is 0 Å². The van der Waals surface area contributed by atoms with Gasteiger partial charge in [0, 0.05) is 0 Å². The van der Waals surface area contributed by atoms with Crippen molar-refractivity contribution in [1.29, 1.82) is 0 Å². The Hall–Kier alpha value is 1.16. The summed E-state index contributed by atoms with van der Waals surface area (Å²) in [4.78, 5) is 0. The molecule has 0 atom stereocenters. The summed E-state index contributed by atoms with van der Waals surface area (Å²) >= 11 is 2.68. The molecule has 0 bridgehead atoms. The number of rotatable bonds is 10. The summed E-state index contributed by atoms with van der Waals surface area (Å²) in [7, 11) is -0.846. The number of hydrogen-bond donors (Lipinski definition) is 0. The summed E-state index contributed by atoms with van der Waals surface area (Å²) in [5.41, 5.74) is 0. The van der Waals surface area contributed by atoms with Crippen molar-refractivity contribution < 1.29 is 0 Å². The van der Waals surface area contributed by atoms with E-state index in [2.05, 4.69) is 43.4 Å². The van der Waals surface area contributed by atoms with Gasteiger partial charge in [-0.3, -0.25) is 0 Å². The molecule has 0 heterocycles. The summed E-state index contributed by atoms with van der Waals surface area (Å²) in [6, 6.07) is 0. The molecule has 15 heavy (non-hydrogen) atoms. The van der Waals surface area contributed by atoms with Gasteiger partial charge < -0.3 is 0 Å². The first-order valence-corrected chi connectivity index (χ1v) is 11.2. The van der Waals surface area contributed by atoms with E-state index in [4.69, 9.17) is 0 Å². The normalized spacial score (nSPS) is 13.1. The zero-order chi connectivity index (χ0) is 11.6. The summed E-state index contributed by atoms with van der Waals surface area (Å²) < 4.78 is 1.50. The van der Waals surface area contributed by atoms with E-state index in [1.165, 1.54) is 42.7 Å². The SMILES string of the molecule is CCCC[PH](CI)(CCCC)CCCC. The molecule has 0 spiro atoms. The first kappa shape index (κ1) is 16.2. The first-order chi connectivity index (χ1) is 7.24. The fourth-order valence-corrected chi connectivity index (χ4v) is 10.1. The van der Waals surface area contributed by atoms with Gasteiger partial charge in [-0.1, -0.05) is 0 Å². The Labute approximate surface area is 111 Å². The van der Waals surface area contributed by atoms with Crippen molar-refractivity contribution in [3.63, 3.8) is 0 Å². The van der Waals surface area contributed by atoms with Crippen molar-refractivity contribution in [2.24, 2.45) is 0 Å². The zero-order valence-electron chi connectivity index (χ0n) is 10.9. The molecular weight excluding hydrogens is 314 g/mol. The molecule has 0 fully saturated rings. The van der Waals surface area contributed by atoms with Crippen LogP contribution in [-0.2, 0) is 0 Å². The topological polar surface area (TPSA) is 0 Å². The van der Waals surface area contributed by atoms with Crippen molar-refractivity contribution in [2.45, 2.75) is 59.3 Å². The van der Waals surface area contributed by atoms with E-state index >= 15 is 0 Å². The van der Waals surface area contributed by atoms with Crippen LogP contribution in [0.15, 0.2) is 0 Å². The molecule has 0 rings (SSSR count). The zero-order valence-corrected chi connectivity index (χ0v) is 14.1. The second kappa shape index (κ2) is 10.3. The van der Waals surface area contributed by atoms with Gasteiger partial charge in [-0.05, 0) is 0 Å². The van der Waals surface area contributed by atoms with Crippen LogP contribution in [0.2, 0.25) is 0 Å². The number of unbranched alkanes of at least 4 members (excludes halogenated alkanes) is 3. The number of alkyl halides is 1. The molecule has 0 saturated carbocycles. The third kappa shape index (κ3) is 7.15.